The zero-order valence-electron chi connectivity index (χ0n) is 17.4. The van der Waals surface area contributed by atoms with Crippen molar-refractivity contribution in [2.45, 2.75) is 19.9 Å². The second kappa shape index (κ2) is 10.6. The minimum absolute atomic E-state index is 0. The van der Waals surface area contributed by atoms with E-state index < -0.39 is 0 Å². The maximum absolute atomic E-state index is 13.3. The van der Waals surface area contributed by atoms with Gasteiger partial charge in [0.1, 0.15) is 5.52 Å². The number of amides is 2. The summed E-state index contributed by atoms with van der Waals surface area (Å²) in [7, 11) is 0. The van der Waals surface area contributed by atoms with Crippen molar-refractivity contribution in [3.63, 3.8) is 0 Å². The van der Waals surface area contributed by atoms with Crippen LogP contribution in [0, 0.1) is 0 Å². The number of aromatic nitrogens is 5. The first-order valence-electron chi connectivity index (χ1n) is 9.74. The van der Waals surface area contributed by atoms with Gasteiger partial charge >= 0.3 is 0 Å². The molecule has 0 aromatic carbocycles. The highest BCUT2D eigenvalue weighted by atomic mass is 35.5. The number of nitrogens with two attached hydrogens (primary N) is 2. The molecule has 4 rings (SSSR count). The van der Waals surface area contributed by atoms with Crippen molar-refractivity contribution >= 4 is 53.5 Å². The second-order valence-corrected chi connectivity index (χ2v) is 6.94. The van der Waals surface area contributed by atoms with E-state index in [1.807, 2.05) is 11.5 Å². The topological polar surface area (TPSA) is 162 Å². The minimum atomic E-state index is -0.161. The van der Waals surface area contributed by atoms with E-state index in [4.69, 9.17) is 16.1 Å². The molecule has 2 amide bonds. The van der Waals surface area contributed by atoms with E-state index in [0.29, 0.717) is 73.8 Å². The van der Waals surface area contributed by atoms with Crippen LogP contribution in [-0.4, -0.2) is 79.2 Å². The van der Waals surface area contributed by atoms with E-state index >= 15 is 0 Å². The van der Waals surface area contributed by atoms with Crippen molar-refractivity contribution in [2.75, 3.05) is 38.5 Å². The molecule has 1 aliphatic rings. The molecule has 1 aliphatic heterocycles. The highest BCUT2D eigenvalue weighted by Gasteiger charge is 2.28. The van der Waals surface area contributed by atoms with E-state index in [0.717, 1.165) is 0 Å². The second-order valence-electron chi connectivity index (χ2n) is 6.94. The maximum Gasteiger partial charge on any atom is 0.257 e. The normalized spacial score (nSPS) is 13.6. The molecule has 4 heterocycles. The Bertz CT molecular complexity index is 1090. The Morgan fingerprint density at radius 1 is 1.09 bits per heavy atom. The van der Waals surface area contributed by atoms with Crippen LogP contribution in [0.15, 0.2) is 17.0 Å². The number of carbonyl (C=O) groups excluding carboxylic acids is 2. The predicted molar refractivity (Wildman–Crippen MR) is 122 cm³/mol. The van der Waals surface area contributed by atoms with E-state index in [2.05, 4.69) is 20.3 Å². The molecule has 1 fully saturated rings. The minimum Gasteiger partial charge on any atom is -0.379 e. The van der Waals surface area contributed by atoms with Gasteiger partial charge in [-0.2, -0.15) is 0 Å². The number of piperazine rings is 1. The molecule has 0 unspecified atom stereocenters. The van der Waals surface area contributed by atoms with Gasteiger partial charge in [0, 0.05) is 51.9 Å². The third-order valence-electron chi connectivity index (χ3n) is 5.20. The lowest BCUT2D eigenvalue weighted by molar-refractivity contribution is -0.132. The van der Waals surface area contributed by atoms with Crippen LogP contribution >= 0.6 is 24.8 Å². The number of nitrogen functional groups attached to an aromatic ring is 1. The number of rotatable bonds is 5. The lowest BCUT2D eigenvalue weighted by atomic mass is 10.2. The first-order valence-corrected chi connectivity index (χ1v) is 9.74. The van der Waals surface area contributed by atoms with Crippen LogP contribution in [0.3, 0.4) is 0 Å². The molecule has 174 valence electrons. The molecule has 0 radical (unpaired) electrons. The Labute approximate surface area is 196 Å². The zero-order chi connectivity index (χ0) is 21.3. The van der Waals surface area contributed by atoms with Crippen molar-refractivity contribution in [3.8, 4) is 11.5 Å². The van der Waals surface area contributed by atoms with Crippen molar-refractivity contribution in [1.29, 1.82) is 0 Å². The highest BCUT2D eigenvalue weighted by molar-refractivity contribution is 6.05. The molecule has 4 N–H and O–H groups in total. The molecule has 0 aliphatic carbocycles. The van der Waals surface area contributed by atoms with Gasteiger partial charge in [-0.15, -0.1) is 24.8 Å². The Balaban J connectivity index is 0.00000181. The van der Waals surface area contributed by atoms with Gasteiger partial charge in [0.15, 0.2) is 17.3 Å². The number of carbonyl (C=O) groups is 2. The number of hydrogen-bond donors (Lipinski definition) is 2. The van der Waals surface area contributed by atoms with Gasteiger partial charge in [0.2, 0.25) is 5.91 Å². The van der Waals surface area contributed by atoms with Crippen LogP contribution in [0.25, 0.3) is 22.6 Å². The summed E-state index contributed by atoms with van der Waals surface area (Å²) in [5, 5.41) is 7.45. The number of nitrogens with zero attached hydrogens (tertiary/aromatic N) is 7. The van der Waals surface area contributed by atoms with E-state index in [1.54, 1.807) is 22.2 Å². The third-order valence-corrected chi connectivity index (χ3v) is 5.20. The number of pyridine rings is 1. The summed E-state index contributed by atoms with van der Waals surface area (Å²) in [6.45, 7) is 4.63. The molecule has 0 spiro atoms. The van der Waals surface area contributed by atoms with Gasteiger partial charge in [0.05, 0.1) is 17.3 Å². The molecule has 32 heavy (non-hydrogen) atoms. The Morgan fingerprint density at radius 2 is 1.78 bits per heavy atom. The fraction of sp³-hybridized carbons (Fsp3) is 0.444. The van der Waals surface area contributed by atoms with Gasteiger partial charge in [-0.05, 0) is 17.2 Å². The number of halogens is 2. The largest absolute Gasteiger partial charge is 0.379 e. The van der Waals surface area contributed by atoms with Gasteiger partial charge in [-0.3, -0.25) is 14.6 Å². The number of hydrogen-bond acceptors (Lipinski definition) is 9. The van der Waals surface area contributed by atoms with Gasteiger partial charge < -0.3 is 25.8 Å². The van der Waals surface area contributed by atoms with E-state index in [9.17, 15) is 9.59 Å². The first-order chi connectivity index (χ1) is 14.5. The van der Waals surface area contributed by atoms with Crippen molar-refractivity contribution < 1.29 is 14.2 Å². The summed E-state index contributed by atoms with van der Waals surface area (Å²) in [5.74, 6) is 0.442. The molecule has 3 aromatic rings. The summed E-state index contributed by atoms with van der Waals surface area (Å²) in [5.41, 5.74) is 13.3. The van der Waals surface area contributed by atoms with E-state index in [-0.39, 0.29) is 42.4 Å². The Kier molecular flexibility index (Phi) is 8.36. The van der Waals surface area contributed by atoms with Crippen LogP contribution < -0.4 is 11.5 Å². The van der Waals surface area contributed by atoms with Crippen LogP contribution in [0.1, 0.15) is 23.7 Å². The summed E-state index contributed by atoms with van der Waals surface area (Å²) in [6.07, 6.45) is 3.45. The van der Waals surface area contributed by atoms with Crippen molar-refractivity contribution in [1.82, 2.24) is 34.6 Å². The standard InChI is InChI=1S/C18H23N9O3.2ClH/c1-2-27-15-11(18(29)26-7-5-25(6-8-26)13(28)3-4-19)9-21-10-12(15)22-17(27)14-16(20)24-30-23-14;;/h9-10H,2-8,19H2,1H3,(H2,20,24);2*1H. The number of fused-ring (bicyclic) bond motifs is 1. The molecule has 0 bridgehead atoms. The summed E-state index contributed by atoms with van der Waals surface area (Å²) in [6, 6.07) is 0. The molecule has 12 nitrogen and oxygen atoms in total. The quantitative estimate of drug-likeness (QED) is 0.525. The Morgan fingerprint density at radius 3 is 2.38 bits per heavy atom. The van der Waals surface area contributed by atoms with Crippen LogP contribution in [0.4, 0.5) is 5.82 Å². The molecule has 1 saturated heterocycles. The van der Waals surface area contributed by atoms with Gasteiger partial charge in [-0.25, -0.2) is 9.61 Å². The lowest BCUT2D eigenvalue weighted by Gasteiger charge is -2.34. The predicted octanol–water partition coefficient (Wildman–Crippen LogP) is 0.560. The summed E-state index contributed by atoms with van der Waals surface area (Å²) in [4.78, 5) is 37.5. The number of anilines is 1. The molecule has 0 saturated carbocycles. The monoisotopic (exact) mass is 485 g/mol. The fourth-order valence-corrected chi connectivity index (χ4v) is 3.70. The van der Waals surface area contributed by atoms with Crippen molar-refractivity contribution in [2.24, 2.45) is 5.73 Å². The van der Waals surface area contributed by atoms with Crippen molar-refractivity contribution in [3.05, 3.63) is 18.0 Å². The maximum atomic E-state index is 13.3. The van der Waals surface area contributed by atoms with Gasteiger partial charge in [0.25, 0.3) is 5.91 Å². The number of imidazole rings is 1. The first kappa shape index (κ1) is 25.3. The SMILES string of the molecule is CCn1c(-c2nonc2N)nc2cncc(C(=O)N3CCN(C(=O)CCN)CC3)c21.Cl.Cl. The molecule has 3 aromatic heterocycles. The summed E-state index contributed by atoms with van der Waals surface area (Å²) >= 11 is 0. The number of aryl methyl sites for hydroxylation is 1. The molecule has 14 heteroatoms. The molecular weight excluding hydrogens is 461 g/mol. The molecular formula is C18H25Cl2N9O3. The average Bonchev–Trinajstić information content (AvgIpc) is 3.35. The lowest BCUT2D eigenvalue weighted by Crippen LogP contribution is -2.50. The van der Waals surface area contributed by atoms with Crippen LogP contribution in [-0.2, 0) is 11.3 Å². The Hall–Kier alpha value is -2.96. The van der Waals surface area contributed by atoms with Gasteiger partial charge in [-0.1, -0.05) is 0 Å². The van der Waals surface area contributed by atoms with Crippen LogP contribution in [0.2, 0.25) is 0 Å². The van der Waals surface area contributed by atoms with Crippen LogP contribution in [0.5, 0.6) is 0 Å². The summed E-state index contributed by atoms with van der Waals surface area (Å²) < 4.78 is 6.55. The third kappa shape index (κ3) is 4.47. The molecule has 0 atom stereocenters. The fourth-order valence-electron chi connectivity index (χ4n) is 3.70. The highest BCUT2D eigenvalue weighted by Crippen LogP contribution is 2.28. The van der Waals surface area contributed by atoms with E-state index in [1.165, 1.54) is 0 Å². The smallest absolute Gasteiger partial charge is 0.257 e. The zero-order valence-corrected chi connectivity index (χ0v) is 19.1. The average molecular weight is 486 g/mol.